The Morgan fingerprint density at radius 3 is 2.47 bits per heavy atom. The Hall–Kier alpha value is -1.96. The molecule has 0 saturated heterocycles. The molecule has 0 aliphatic heterocycles. The lowest BCUT2D eigenvalue weighted by molar-refractivity contribution is -0.678. The van der Waals surface area contributed by atoms with Crippen LogP contribution >= 0.6 is 0 Å². The minimum atomic E-state index is 1.15. The minimum Gasteiger partial charge on any atom is -0.0620 e. The van der Waals surface area contributed by atoms with Crippen LogP contribution in [0.2, 0.25) is 0 Å². The lowest BCUT2D eigenvalue weighted by Gasteiger charge is -1.95. The maximum absolute atomic E-state index is 4.33. The fourth-order valence-corrected chi connectivity index (χ4v) is 1.33. The summed E-state index contributed by atoms with van der Waals surface area (Å²) in [4.78, 5) is 0. The standard InChI is InChI=1S/C13H13N2/c1-12-7-3-4-8-13(12)11-14-15-9-5-2-6-10-15/h2-11H,1H3/q+1/b14-11+. The van der Waals surface area contributed by atoms with E-state index >= 15 is 0 Å². The molecule has 15 heavy (non-hydrogen) atoms. The molecule has 0 bridgehead atoms. The van der Waals surface area contributed by atoms with Crippen molar-refractivity contribution in [3.8, 4) is 0 Å². The number of aryl methyl sites for hydroxylation is 1. The Labute approximate surface area is 89.5 Å². The summed E-state index contributed by atoms with van der Waals surface area (Å²) in [7, 11) is 0. The van der Waals surface area contributed by atoms with Gasteiger partial charge in [-0.1, -0.05) is 35.0 Å². The van der Waals surface area contributed by atoms with Crippen LogP contribution in [0.4, 0.5) is 0 Å². The van der Waals surface area contributed by atoms with Crippen molar-refractivity contribution in [1.29, 1.82) is 0 Å². The van der Waals surface area contributed by atoms with Gasteiger partial charge in [-0.25, -0.2) is 0 Å². The normalized spacial score (nSPS) is 10.7. The number of hydrogen-bond donors (Lipinski definition) is 0. The monoisotopic (exact) mass is 197 g/mol. The number of rotatable bonds is 2. The molecular weight excluding hydrogens is 184 g/mol. The van der Waals surface area contributed by atoms with Gasteiger partial charge in [0, 0.05) is 17.7 Å². The van der Waals surface area contributed by atoms with Gasteiger partial charge >= 0.3 is 0 Å². The first-order chi connectivity index (χ1) is 7.36. The number of aromatic nitrogens is 1. The lowest BCUT2D eigenvalue weighted by Crippen LogP contribution is -2.25. The highest BCUT2D eigenvalue weighted by Gasteiger charge is 1.95. The van der Waals surface area contributed by atoms with Crippen molar-refractivity contribution in [1.82, 2.24) is 0 Å². The van der Waals surface area contributed by atoms with Crippen molar-refractivity contribution in [2.24, 2.45) is 5.10 Å². The molecule has 0 fully saturated rings. The fourth-order valence-electron chi connectivity index (χ4n) is 1.33. The molecule has 74 valence electrons. The Morgan fingerprint density at radius 1 is 1.00 bits per heavy atom. The molecule has 0 aliphatic rings. The molecule has 0 atom stereocenters. The largest absolute Gasteiger partial charge is 0.202 e. The summed E-state index contributed by atoms with van der Waals surface area (Å²) in [6, 6.07) is 14.1. The van der Waals surface area contributed by atoms with Gasteiger partial charge in [0.15, 0.2) is 0 Å². The first-order valence-corrected chi connectivity index (χ1v) is 4.92. The third-order valence-electron chi connectivity index (χ3n) is 2.22. The van der Waals surface area contributed by atoms with Crippen LogP contribution in [0, 0.1) is 6.92 Å². The van der Waals surface area contributed by atoms with Gasteiger partial charge in [0.1, 0.15) is 6.21 Å². The van der Waals surface area contributed by atoms with Crippen LogP contribution < -0.4 is 4.68 Å². The van der Waals surface area contributed by atoms with Crippen LogP contribution in [0.3, 0.4) is 0 Å². The molecule has 0 aliphatic carbocycles. The third kappa shape index (κ3) is 2.50. The predicted molar refractivity (Wildman–Crippen MR) is 60.8 cm³/mol. The van der Waals surface area contributed by atoms with Gasteiger partial charge in [-0.3, -0.25) is 0 Å². The van der Waals surface area contributed by atoms with E-state index in [0.717, 1.165) is 5.56 Å². The van der Waals surface area contributed by atoms with Crippen molar-refractivity contribution >= 4 is 6.21 Å². The number of pyridine rings is 1. The Balaban J connectivity index is 2.23. The molecular formula is C13H13N2+. The van der Waals surface area contributed by atoms with Crippen molar-refractivity contribution in [3.05, 3.63) is 66.0 Å². The molecule has 0 radical (unpaired) electrons. The number of hydrogen-bond acceptors (Lipinski definition) is 1. The smallest absolute Gasteiger partial charge is 0.0620 e. The van der Waals surface area contributed by atoms with E-state index in [1.807, 2.05) is 48.9 Å². The lowest BCUT2D eigenvalue weighted by atomic mass is 10.1. The average Bonchev–Trinajstić information content (AvgIpc) is 2.29. The molecule has 1 aromatic carbocycles. The van der Waals surface area contributed by atoms with Gasteiger partial charge in [0.05, 0.1) is 0 Å². The summed E-state index contributed by atoms with van der Waals surface area (Å²) in [5.41, 5.74) is 2.38. The highest BCUT2D eigenvalue weighted by Crippen LogP contribution is 2.02. The molecule has 1 aromatic heterocycles. The van der Waals surface area contributed by atoms with Gasteiger partial charge in [-0.2, -0.15) is 0 Å². The summed E-state index contributed by atoms with van der Waals surface area (Å²) in [6.45, 7) is 2.08. The van der Waals surface area contributed by atoms with Crippen molar-refractivity contribution in [2.75, 3.05) is 0 Å². The van der Waals surface area contributed by atoms with Crippen LogP contribution in [0.25, 0.3) is 0 Å². The topological polar surface area (TPSA) is 16.2 Å². The van der Waals surface area contributed by atoms with Gasteiger partial charge in [0.2, 0.25) is 12.4 Å². The Morgan fingerprint density at radius 2 is 1.73 bits per heavy atom. The maximum Gasteiger partial charge on any atom is 0.202 e. The summed E-state index contributed by atoms with van der Waals surface area (Å²) >= 11 is 0. The molecule has 2 aromatic rings. The summed E-state index contributed by atoms with van der Waals surface area (Å²) in [5, 5.41) is 4.33. The highest BCUT2D eigenvalue weighted by molar-refractivity contribution is 5.80. The zero-order valence-electron chi connectivity index (χ0n) is 8.67. The first kappa shape index (κ1) is 9.59. The third-order valence-corrected chi connectivity index (χ3v) is 2.22. The molecule has 0 saturated carbocycles. The first-order valence-electron chi connectivity index (χ1n) is 4.92. The molecule has 0 unspecified atom stereocenters. The zero-order valence-corrected chi connectivity index (χ0v) is 8.67. The maximum atomic E-state index is 4.33. The summed E-state index contributed by atoms with van der Waals surface area (Å²) in [5.74, 6) is 0. The van der Waals surface area contributed by atoms with Gasteiger partial charge < -0.3 is 0 Å². The number of nitrogens with zero attached hydrogens (tertiary/aromatic N) is 2. The van der Waals surface area contributed by atoms with E-state index in [4.69, 9.17) is 0 Å². The summed E-state index contributed by atoms with van der Waals surface area (Å²) in [6.07, 6.45) is 5.69. The fraction of sp³-hybridized carbons (Fsp3) is 0.0769. The molecule has 1 heterocycles. The van der Waals surface area contributed by atoms with Gasteiger partial charge in [0.25, 0.3) is 0 Å². The minimum absolute atomic E-state index is 1.15. The SMILES string of the molecule is Cc1ccccc1/C=N/[n+]1ccccc1. The molecule has 0 spiro atoms. The van der Waals surface area contributed by atoms with E-state index in [1.54, 1.807) is 4.68 Å². The summed E-state index contributed by atoms with van der Waals surface area (Å²) < 4.78 is 1.78. The predicted octanol–water partition coefficient (Wildman–Crippen LogP) is 2.16. The van der Waals surface area contributed by atoms with Crippen LogP contribution in [-0.4, -0.2) is 6.21 Å². The second-order valence-corrected chi connectivity index (χ2v) is 3.36. The number of benzene rings is 1. The van der Waals surface area contributed by atoms with Crippen molar-refractivity contribution in [2.45, 2.75) is 6.92 Å². The Bertz CT molecular complexity index is 461. The highest BCUT2D eigenvalue weighted by atomic mass is 15.3. The molecule has 2 heteroatoms. The van der Waals surface area contributed by atoms with Crippen LogP contribution in [-0.2, 0) is 0 Å². The second-order valence-electron chi connectivity index (χ2n) is 3.36. The molecule has 2 nitrogen and oxygen atoms in total. The van der Waals surface area contributed by atoms with E-state index in [2.05, 4.69) is 24.2 Å². The second kappa shape index (κ2) is 4.51. The Kier molecular flexibility index (Phi) is 2.88. The van der Waals surface area contributed by atoms with Crippen LogP contribution in [0.15, 0.2) is 60.0 Å². The molecule has 0 N–H and O–H groups in total. The molecule has 2 rings (SSSR count). The average molecular weight is 197 g/mol. The molecule has 0 amide bonds. The quantitative estimate of drug-likeness (QED) is 0.518. The van der Waals surface area contributed by atoms with E-state index in [9.17, 15) is 0 Å². The van der Waals surface area contributed by atoms with Crippen molar-refractivity contribution in [3.63, 3.8) is 0 Å². The zero-order chi connectivity index (χ0) is 10.5. The van der Waals surface area contributed by atoms with Gasteiger partial charge in [-0.15, -0.1) is 0 Å². The van der Waals surface area contributed by atoms with E-state index in [-0.39, 0.29) is 0 Å². The van der Waals surface area contributed by atoms with Crippen LogP contribution in [0.5, 0.6) is 0 Å². The van der Waals surface area contributed by atoms with E-state index in [1.165, 1.54) is 5.56 Å². The van der Waals surface area contributed by atoms with Crippen LogP contribution in [0.1, 0.15) is 11.1 Å². The van der Waals surface area contributed by atoms with E-state index < -0.39 is 0 Å². The van der Waals surface area contributed by atoms with Gasteiger partial charge in [-0.05, 0) is 17.6 Å². The van der Waals surface area contributed by atoms with Crippen molar-refractivity contribution < 1.29 is 4.68 Å². The van der Waals surface area contributed by atoms with E-state index in [0.29, 0.717) is 0 Å².